The molecule has 0 aliphatic rings. The molecular formula is C13H12ClFN2O. The number of pyridine rings is 1. The molecule has 0 saturated carbocycles. The van der Waals surface area contributed by atoms with Gasteiger partial charge >= 0.3 is 0 Å². The molecule has 2 rings (SSSR count). The number of benzene rings is 1. The number of aromatic nitrogens is 1. The van der Waals surface area contributed by atoms with Crippen molar-refractivity contribution in [1.29, 1.82) is 0 Å². The number of aromatic hydroxyl groups is 1. The highest BCUT2D eigenvalue weighted by Crippen LogP contribution is 2.29. The van der Waals surface area contributed by atoms with Crippen LogP contribution in [0.15, 0.2) is 36.5 Å². The molecule has 18 heavy (non-hydrogen) atoms. The van der Waals surface area contributed by atoms with Crippen molar-refractivity contribution in [2.24, 2.45) is 0 Å². The van der Waals surface area contributed by atoms with E-state index < -0.39 is 5.82 Å². The molecule has 0 radical (unpaired) electrons. The van der Waals surface area contributed by atoms with Gasteiger partial charge < -0.3 is 10.4 Å². The van der Waals surface area contributed by atoms with Gasteiger partial charge in [0.2, 0.25) is 0 Å². The topological polar surface area (TPSA) is 45.2 Å². The second kappa shape index (κ2) is 5.23. The van der Waals surface area contributed by atoms with Crippen molar-refractivity contribution in [1.82, 2.24) is 4.98 Å². The highest BCUT2D eigenvalue weighted by atomic mass is 35.5. The number of phenolic OH excluding ortho intramolecular Hbond substituents is 1. The fraction of sp³-hybridized carbons (Fsp3) is 0.154. The summed E-state index contributed by atoms with van der Waals surface area (Å²) in [5.41, 5.74) is 1.10. The fourth-order valence-electron chi connectivity index (χ4n) is 1.68. The molecule has 5 heteroatoms. The van der Waals surface area contributed by atoms with Crippen LogP contribution in [0.1, 0.15) is 18.5 Å². The lowest BCUT2D eigenvalue weighted by atomic mass is 10.1. The van der Waals surface area contributed by atoms with E-state index in [1.807, 2.05) is 0 Å². The van der Waals surface area contributed by atoms with Gasteiger partial charge in [0.15, 0.2) is 5.15 Å². The maximum absolute atomic E-state index is 13.1. The van der Waals surface area contributed by atoms with Crippen LogP contribution in [0.2, 0.25) is 5.15 Å². The van der Waals surface area contributed by atoms with Crippen LogP contribution in [0.4, 0.5) is 10.1 Å². The van der Waals surface area contributed by atoms with Gasteiger partial charge in [0.05, 0.1) is 11.7 Å². The molecule has 0 bridgehead atoms. The van der Waals surface area contributed by atoms with Crippen molar-refractivity contribution >= 4 is 17.3 Å². The minimum Gasteiger partial charge on any atom is -0.508 e. The van der Waals surface area contributed by atoms with E-state index in [0.29, 0.717) is 16.4 Å². The van der Waals surface area contributed by atoms with E-state index >= 15 is 0 Å². The second-order valence-corrected chi connectivity index (χ2v) is 4.27. The summed E-state index contributed by atoms with van der Waals surface area (Å²) in [7, 11) is 0. The lowest BCUT2D eigenvalue weighted by Crippen LogP contribution is -2.08. The van der Waals surface area contributed by atoms with Crippen LogP contribution in [0, 0.1) is 5.82 Å². The Morgan fingerprint density at radius 3 is 2.89 bits per heavy atom. The van der Waals surface area contributed by atoms with Crippen molar-refractivity contribution in [2.75, 3.05) is 5.32 Å². The van der Waals surface area contributed by atoms with E-state index in [1.165, 1.54) is 18.2 Å². The first-order chi connectivity index (χ1) is 8.58. The number of anilines is 1. The van der Waals surface area contributed by atoms with Crippen LogP contribution in [-0.4, -0.2) is 10.1 Å². The summed E-state index contributed by atoms with van der Waals surface area (Å²) in [4.78, 5) is 3.93. The third-order valence-electron chi connectivity index (χ3n) is 2.59. The summed E-state index contributed by atoms with van der Waals surface area (Å²) >= 11 is 5.92. The summed E-state index contributed by atoms with van der Waals surface area (Å²) in [6, 6.07) is 7.05. The molecule has 94 valence electrons. The first-order valence-electron chi connectivity index (χ1n) is 5.43. The summed E-state index contributed by atoms with van der Waals surface area (Å²) in [6.07, 6.45) is 1.58. The molecule has 2 aromatic rings. The Hall–Kier alpha value is -1.81. The molecule has 2 N–H and O–H groups in total. The van der Waals surface area contributed by atoms with Crippen LogP contribution in [0.3, 0.4) is 0 Å². The largest absolute Gasteiger partial charge is 0.508 e. The Morgan fingerprint density at radius 2 is 2.17 bits per heavy atom. The summed E-state index contributed by atoms with van der Waals surface area (Å²) < 4.78 is 13.1. The highest BCUT2D eigenvalue weighted by molar-refractivity contribution is 6.31. The van der Waals surface area contributed by atoms with Crippen molar-refractivity contribution in [3.63, 3.8) is 0 Å². The highest BCUT2D eigenvalue weighted by Gasteiger charge is 2.12. The predicted octanol–water partition coefficient (Wildman–Crippen LogP) is 3.75. The SMILES string of the molecule is CC(Nc1cccnc1Cl)c1cc(F)ccc1O. The molecule has 0 aliphatic heterocycles. The minimum atomic E-state index is -0.395. The Labute approximate surface area is 109 Å². The standard InChI is InChI=1S/C13H12ClFN2O/c1-8(10-7-9(15)4-5-12(10)18)17-11-3-2-6-16-13(11)14/h2-8,17-18H,1H3. The third kappa shape index (κ3) is 2.71. The van der Waals surface area contributed by atoms with E-state index in [2.05, 4.69) is 10.3 Å². The molecule has 0 fully saturated rings. The van der Waals surface area contributed by atoms with E-state index in [-0.39, 0.29) is 11.8 Å². The van der Waals surface area contributed by atoms with Crippen molar-refractivity contribution in [2.45, 2.75) is 13.0 Å². The molecule has 0 saturated heterocycles. The molecule has 1 heterocycles. The Kier molecular flexibility index (Phi) is 3.67. The number of rotatable bonds is 3. The molecule has 1 aromatic heterocycles. The number of nitrogens with zero attached hydrogens (tertiary/aromatic N) is 1. The van der Waals surface area contributed by atoms with E-state index in [1.54, 1.807) is 25.3 Å². The number of halogens is 2. The van der Waals surface area contributed by atoms with E-state index in [4.69, 9.17) is 11.6 Å². The van der Waals surface area contributed by atoms with Crippen molar-refractivity contribution < 1.29 is 9.50 Å². The second-order valence-electron chi connectivity index (χ2n) is 3.91. The normalized spacial score (nSPS) is 12.2. The zero-order valence-electron chi connectivity index (χ0n) is 9.69. The Balaban J connectivity index is 2.25. The number of hydrogen-bond acceptors (Lipinski definition) is 3. The van der Waals surface area contributed by atoms with Crippen LogP contribution in [-0.2, 0) is 0 Å². The first-order valence-corrected chi connectivity index (χ1v) is 5.81. The zero-order valence-corrected chi connectivity index (χ0v) is 10.4. The zero-order chi connectivity index (χ0) is 13.1. The molecule has 1 aromatic carbocycles. The van der Waals surface area contributed by atoms with Crippen LogP contribution < -0.4 is 5.32 Å². The number of phenols is 1. The monoisotopic (exact) mass is 266 g/mol. The molecule has 1 atom stereocenters. The van der Waals surface area contributed by atoms with Crippen LogP contribution in [0.25, 0.3) is 0 Å². The van der Waals surface area contributed by atoms with E-state index in [0.717, 1.165) is 0 Å². The lowest BCUT2D eigenvalue weighted by Gasteiger charge is -2.17. The van der Waals surface area contributed by atoms with Crippen LogP contribution >= 0.6 is 11.6 Å². The average Bonchev–Trinajstić information content (AvgIpc) is 2.35. The number of hydrogen-bond donors (Lipinski definition) is 2. The molecule has 3 nitrogen and oxygen atoms in total. The molecule has 0 aliphatic carbocycles. The Bertz CT molecular complexity index is 562. The molecular weight excluding hydrogens is 255 g/mol. The quantitative estimate of drug-likeness (QED) is 0.832. The summed E-state index contributed by atoms with van der Waals surface area (Å²) in [5, 5.41) is 13.1. The Morgan fingerprint density at radius 1 is 1.39 bits per heavy atom. The van der Waals surface area contributed by atoms with Gasteiger partial charge in [-0.15, -0.1) is 0 Å². The third-order valence-corrected chi connectivity index (χ3v) is 2.89. The molecule has 0 spiro atoms. The minimum absolute atomic E-state index is 0.0383. The maximum atomic E-state index is 13.1. The summed E-state index contributed by atoms with van der Waals surface area (Å²) in [5.74, 6) is -0.356. The van der Waals surface area contributed by atoms with Gasteiger partial charge in [0.25, 0.3) is 0 Å². The van der Waals surface area contributed by atoms with Gasteiger partial charge in [-0.05, 0) is 37.3 Å². The van der Waals surface area contributed by atoms with Gasteiger partial charge in [-0.2, -0.15) is 0 Å². The van der Waals surface area contributed by atoms with Crippen molar-refractivity contribution in [3.8, 4) is 5.75 Å². The predicted molar refractivity (Wildman–Crippen MR) is 69.3 cm³/mol. The van der Waals surface area contributed by atoms with Gasteiger partial charge in [-0.1, -0.05) is 11.6 Å². The van der Waals surface area contributed by atoms with Crippen molar-refractivity contribution in [3.05, 3.63) is 53.1 Å². The van der Waals surface area contributed by atoms with Gasteiger partial charge in [-0.25, -0.2) is 9.37 Å². The van der Waals surface area contributed by atoms with Gasteiger partial charge in [0.1, 0.15) is 11.6 Å². The van der Waals surface area contributed by atoms with Gasteiger partial charge in [-0.3, -0.25) is 0 Å². The van der Waals surface area contributed by atoms with Gasteiger partial charge in [0, 0.05) is 11.8 Å². The summed E-state index contributed by atoms with van der Waals surface area (Å²) in [6.45, 7) is 1.80. The fourth-order valence-corrected chi connectivity index (χ4v) is 1.85. The lowest BCUT2D eigenvalue weighted by molar-refractivity contribution is 0.462. The smallest absolute Gasteiger partial charge is 0.152 e. The molecule has 0 amide bonds. The average molecular weight is 267 g/mol. The number of nitrogens with one attached hydrogen (secondary N) is 1. The van der Waals surface area contributed by atoms with E-state index in [9.17, 15) is 9.50 Å². The maximum Gasteiger partial charge on any atom is 0.152 e. The molecule has 1 unspecified atom stereocenters. The first kappa shape index (κ1) is 12.6. The van der Waals surface area contributed by atoms with Crippen LogP contribution in [0.5, 0.6) is 5.75 Å².